The van der Waals surface area contributed by atoms with Crippen LogP contribution in [0.5, 0.6) is 5.75 Å². The maximum absolute atomic E-state index is 12.6. The van der Waals surface area contributed by atoms with Gasteiger partial charge in [0.15, 0.2) is 0 Å². The highest BCUT2D eigenvalue weighted by atomic mass is 16.5. The van der Waals surface area contributed by atoms with Crippen molar-refractivity contribution in [2.45, 2.75) is 44.3 Å². The van der Waals surface area contributed by atoms with Crippen LogP contribution in [-0.4, -0.2) is 54.2 Å². The maximum atomic E-state index is 12.6. The molecule has 1 saturated heterocycles. The molecule has 2 N–H and O–H groups in total. The van der Waals surface area contributed by atoms with Crippen molar-refractivity contribution in [2.75, 3.05) is 20.1 Å². The molecule has 2 atom stereocenters. The lowest BCUT2D eigenvalue weighted by atomic mass is 10.0. The molecule has 1 heterocycles. The summed E-state index contributed by atoms with van der Waals surface area (Å²) in [5, 5.41) is 12.7. The second-order valence-corrected chi connectivity index (χ2v) is 6.96. The Morgan fingerprint density at radius 3 is 2.52 bits per heavy atom. The minimum absolute atomic E-state index is 0.119. The molecular weight excluding hydrogens is 320 g/mol. The molecule has 136 valence electrons. The normalized spacial score (nSPS) is 23.7. The van der Waals surface area contributed by atoms with Crippen molar-refractivity contribution in [3.8, 4) is 5.75 Å². The summed E-state index contributed by atoms with van der Waals surface area (Å²) < 4.78 is 5.92. The van der Waals surface area contributed by atoms with E-state index in [1.807, 2.05) is 12.1 Å². The fraction of sp³-hybridized carbons (Fsp3) is 0.579. The summed E-state index contributed by atoms with van der Waals surface area (Å²) in [5.74, 6) is 0.342. The van der Waals surface area contributed by atoms with Gasteiger partial charge in [-0.15, -0.1) is 0 Å². The number of amides is 2. The first kappa shape index (κ1) is 17.7. The van der Waals surface area contributed by atoms with Gasteiger partial charge in [-0.1, -0.05) is 0 Å². The SMILES string of the molecule is CNC(=O)C[C@@H]1CN(C(=O)c2ccc(OC3CCCC3)cc2)C[C@H]1O. The van der Waals surface area contributed by atoms with Gasteiger partial charge in [0.25, 0.3) is 5.91 Å². The number of nitrogens with zero attached hydrogens (tertiary/aromatic N) is 1. The number of carbonyl (C=O) groups is 2. The lowest BCUT2D eigenvalue weighted by Crippen LogP contribution is -2.29. The zero-order valence-corrected chi connectivity index (χ0v) is 14.6. The molecule has 25 heavy (non-hydrogen) atoms. The van der Waals surface area contributed by atoms with Gasteiger partial charge in [-0.2, -0.15) is 0 Å². The Kier molecular flexibility index (Phi) is 5.58. The molecule has 0 aromatic heterocycles. The van der Waals surface area contributed by atoms with Gasteiger partial charge in [0.05, 0.1) is 12.2 Å². The summed E-state index contributed by atoms with van der Waals surface area (Å²) in [7, 11) is 1.57. The van der Waals surface area contributed by atoms with Crippen LogP contribution in [0.4, 0.5) is 0 Å². The van der Waals surface area contributed by atoms with Crippen molar-refractivity contribution in [1.29, 1.82) is 0 Å². The van der Waals surface area contributed by atoms with Crippen molar-refractivity contribution < 1.29 is 19.4 Å². The maximum Gasteiger partial charge on any atom is 0.253 e. The number of rotatable bonds is 5. The largest absolute Gasteiger partial charge is 0.490 e. The average Bonchev–Trinajstić information content (AvgIpc) is 3.25. The smallest absolute Gasteiger partial charge is 0.253 e. The number of nitrogens with one attached hydrogen (secondary N) is 1. The number of aliphatic hydroxyl groups excluding tert-OH is 1. The first-order chi connectivity index (χ1) is 12.1. The van der Waals surface area contributed by atoms with E-state index in [1.165, 1.54) is 12.8 Å². The number of ether oxygens (including phenoxy) is 1. The molecule has 1 saturated carbocycles. The molecule has 2 amide bonds. The van der Waals surface area contributed by atoms with Crippen LogP contribution < -0.4 is 10.1 Å². The second-order valence-electron chi connectivity index (χ2n) is 6.96. The zero-order valence-electron chi connectivity index (χ0n) is 14.6. The Morgan fingerprint density at radius 2 is 1.88 bits per heavy atom. The number of carbonyl (C=O) groups excluding carboxylic acids is 2. The van der Waals surface area contributed by atoms with Gasteiger partial charge in [0, 0.05) is 38.0 Å². The van der Waals surface area contributed by atoms with E-state index in [1.54, 1.807) is 24.1 Å². The third-order valence-electron chi connectivity index (χ3n) is 5.13. The highest BCUT2D eigenvalue weighted by Crippen LogP contribution is 2.26. The lowest BCUT2D eigenvalue weighted by Gasteiger charge is -2.17. The van der Waals surface area contributed by atoms with E-state index >= 15 is 0 Å². The number of hydrogen-bond donors (Lipinski definition) is 2. The van der Waals surface area contributed by atoms with Crippen LogP contribution in [0, 0.1) is 5.92 Å². The molecule has 3 rings (SSSR count). The minimum Gasteiger partial charge on any atom is -0.490 e. The number of likely N-dealkylation sites (tertiary alicyclic amines) is 1. The first-order valence-corrected chi connectivity index (χ1v) is 9.01. The van der Waals surface area contributed by atoms with Crippen molar-refractivity contribution in [2.24, 2.45) is 5.92 Å². The molecule has 1 aliphatic heterocycles. The molecule has 1 aromatic carbocycles. The van der Waals surface area contributed by atoms with E-state index in [2.05, 4.69) is 5.32 Å². The average molecular weight is 346 g/mol. The summed E-state index contributed by atoms with van der Waals surface area (Å²) in [4.78, 5) is 25.7. The summed E-state index contributed by atoms with van der Waals surface area (Å²) in [6.45, 7) is 0.661. The highest BCUT2D eigenvalue weighted by molar-refractivity contribution is 5.94. The molecule has 0 unspecified atom stereocenters. The molecule has 0 bridgehead atoms. The van der Waals surface area contributed by atoms with Gasteiger partial charge in [-0.3, -0.25) is 9.59 Å². The second kappa shape index (κ2) is 7.87. The molecule has 1 aromatic rings. The fourth-order valence-corrected chi connectivity index (χ4v) is 3.62. The summed E-state index contributed by atoms with van der Waals surface area (Å²) in [6.07, 6.45) is 4.49. The van der Waals surface area contributed by atoms with Gasteiger partial charge in [0.1, 0.15) is 5.75 Å². The van der Waals surface area contributed by atoms with Crippen molar-refractivity contribution >= 4 is 11.8 Å². The zero-order chi connectivity index (χ0) is 17.8. The standard InChI is InChI=1S/C19H26N2O4/c1-20-18(23)10-14-11-21(12-17(14)22)19(24)13-6-8-16(9-7-13)25-15-4-2-3-5-15/h6-9,14-15,17,22H,2-5,10-12H2,1H3,(H,20,23)/t14-,17-/m1/s1. The van der Waals surface area contributed by atoms with E-state index in [4.69, 9.17) is 4.74 Å². The Hall–Kier alpha value is -2.08. The van der Waals surface area contributed by atoms with Gasteiger partial charge < -0.3 is 20.1 Å². The van der Waals surface area contributed by atoms with Crippen LogP contribution in [0.1, 0.15) is 42.5 Å². The molecule has 2 aliphatic rings. The predicted molar refractivity (Wildman–Crippen MR) is 93.4 cm³/mol. The van der Waals surface area contributed by atoms with Gasteiger partial charge in [-0.05, 0) is 49.9 Å². The van der Waals surface area contributed by atoms with Gasteiger partial charge in [0.2, 0.25) is 5.91 Å². The third kappa shape index (κ3) is 4.31. The molecule has 1 aliphatic carbocycles. The van der Waals surface area contributed by atoms with E-state index in [9.17, 15) is 14.7 Å². The lowest BCUT2D eigenvalue weighted by molar-refractivity contribution is -0.122. The van der Waals surface area contributed by atoms with Crippen molar-refractivity contribution in [3.63, 3.8) is 0 Å². The molecule has 0 spiro atoms. The van der Waals surface area contributed by atoms with Crippen molar-refractivity contribution in [3.05, 3.63) is 29.8 Å². The van der Waals surface area contributed by atoms with Crippen LogP contribution in [0.15, 0.2) is 24.3 Å². The quantitative estimate of drug-likeness (QED) is 0.848. The van der Waals surface area contributed by atoms with Gasteiger partial charge in [-0.25, -0.2) is 0 Å². The number of β-amino-alcohol motifs (C(OH)–C–C–N with tert-alkyl or cyclic N) is 1. The number of aliphatic hydroxyl groups is 1. The Morgan fingerprint density at radius 1 is 1.20 bits per heavy atom. The van der Waals surface area contributed by atoms with E-state index in [0.717, 1.165) is 18.6 Å². The fourth-order valence-electron chi connectivity index (χ4n) is 3.62. The van der Waals surface area contributed by atoms with E-state index < -0.39 is 6.10 Å². The van der Waals surface area contributed by atoms with Crippen LogP contribution in [0.2, 0.25) is 0 Å². The number of benzene rings is 1. The minimum atomic E-state index is -0.661. The monoisotopic (exact) mass is 346 g/mol. The van der Waals surface area contributed by atoms with E-state index in [-0.39, 0.29) is 30.7 Å². The Bertz CT molecular complexity index is 610. The molecular formula is C19H26N2O4. The molecule has 6 heteroatoms. The predicted octanol–water partition coefficient (Wildman–Crippen LogP) is 1.58. The topological polar surface area (TPSA) is 78.9 Å². The molecule has 6 nitrogen and oxygen atoms in total. The molecule has 0 radical (unpaired) electrons. The van der Waals surface area contributed by atoms with Crippen LogP contribution in [0.25, 0.3) is 0 Å². The van der Waals surface area contributed by atoms with E-state index in [0.29, 0.717) is 18.2 Å². The first-order valence-electron chi connectivity index (χ1n) is 9.01. The third-order valence-corrected chi connectivity index (χ3v) is 5.13. The van der Waals surface area contributed by atoms with Crippen LogP contribution in [-0.2, 0) is 4.79 Å². The van der Waals surface area contributed by atoms with Crippen molar-refractivity contribution in [1.82, 2.24) is 10.2 Å². The van der Waals surface area contributed by atoms with Crippen LogP contribution >= 0.6 is 0 Å². The summed E-state index contributed by atoms with van der Waals surface area (Å²) in [5.41, 5.74) is 0.576. The van der Waals surface area contributed by atoms with Crippen LogP contribution in [0.3, 0.4) is 0 Å². The molecule has 2 fully saturated rings. The highest BCUT2D eigenvalue weighted by Gasteiger charge is 2.35. The number of hydrogen-bond acceptors (Lipinski definition) is 4. The Labute approximate surface area is 148 Å². The summed E-state index contributed by atoms with van der Waals surface area (Å²) in [6, 6.07) is 7.20. The summed E-state index contributed by atoms with van der Waals surface area (Å²) >= 11 is 0. The van der Waals surface area contributed by atoms with Gasteiger partial charge >= 0.3 is 0 Å². The Balaban J connectivity index is 1.58.